The van der Waals surface area contributed by atoms with Crippen molar-refractivity contribution in [3.05, 3.63) is 28.8 Å². The van der Waals surface area contributed by atoms with Crippen LogP contribution in [-0.2, 0) is 9.47 Å². The largest absolute Gasteiger partial charge is 0.379 e. The highest BCUT2D eigenvalue weighted by Gasteiger charge is 2.24. The van der Waals surface area contributed by atoms with Crippen LogP contribution in [-0.4, -0.2) is 65.1 Å². The van der Waals surface area contributed by atoms with Crippen LogP contribution in [0.5, 0.6) is 0 Å². The monoisotopic (exact) mass is 536 g/mol. The van der Waals surface area contributed by atoms with Gasteiger partial charge in [0.2, 0.25) is 0 Å². The molecule has 2 aliphatic heterocycles. The highest BCUT2D eigenvalue weighted by molar-refractivity contribution is 14.0. The number of hydrogen-bond acceptors (Lipinski definition) is 4. The number of rotatable bonds is 8. The molecule has 0 radical (unpaired) electrons. The maximum absolute atomic E-state index is 6.18. The minimum atomic E-state index is 0. The Kier molecular flexibility index (Phi) is 10.8. The van der Waals surface area contributed by atoms with Gasteiger partial charge in [0.1, 0.15) is 0 Å². The molecule has 164 valence electrons. The number of guanidine groups is 1. The van der Waals surface area contributed by atoms with Gasteiger partial charge in [0.15, 0.2) is 5.96 Å². The molecule has 1 aromatic rings. The second kappa shape index (κ2) is 12.8. The van der Waals surface area contributed by atoms with Crippen molar-refractivity contribution in [3.63, 3.8) is 0 Å². The third-order valence-corrected chi connectivity index (χ3v) is 5.67. The summed E-state index contributed by atoms with van der Waals surface area (Å²) in [6.45, 7) is 8.36. The van der Waals surface area contributed by atoms with E-state index in [1.54, 1.807) is 0 Å². The van der Waals surface area contributed by atoms with Crippen molar-refractivity contribution in [1.29, 1.82) is 0 Å². The number of aliphatic imine (C=N–C) groups is 1. The molecule has 2 aliphatic rings. The van der Waals surface area contributed by atoms with Gasteiger partial charge >= 0.3 is 0 Å². The molecule has 0 aliphatic carbocycles. The van der Waals surface area contributed by atoms with Crippen molar-refractivity contribution in [2.45, 2.75) is 32.3 Å². The first kappa shape index (κ1) is 24.5. The first-order valence-corrected chi connectivity index (χ1v) is 10.7. The number of benzene rings is 1. The van der Waals surface area contributed by atoms with Gasteiger partial charge in [-0.1, -0.05) is 17.7 Å². The van der Waals surface area contributed by atoms with E-state index in [9.17, 15) is 0 Å². The molecule has 29 heavy (non-hydrogen) atoms. The van der Waals surface area contributed by atoms with Crippen LogP contribution in [0.25, 0.3) is 0 Å². The molecule has 6 nitrogen and oxygen atoms in total. The van der Waals surface area contributed by atoms with Crippen molar-refractivity contribution < 1.29 is 9.47 Å². The highest BCUT2D eigenvalue weighted by atomic mass is 127. The van der Waals surface area contributed by atoms with Crippen LogP contribution in [0, 0.1) is 12.8 Å². The summed E-state index contributed by atoms with van der Waals surface area (Å²) in [4.78, 5) is 6.77. The van der Waals surface area contributed by atoms with Crippen molar-refractivity contribution >= 4 is 47.2 Å². The average Bonchev–Trinajstić information content (AvgIpc) is 3.38. The van der Waals surface area contributed by atoms with Gasteiger partial charge in [0, 0.05) is 57.2 Å². The van der Waals surface area contributed by atoms with E-state index < -0.39 is 0 Å². The molecule has 0 saturated carbocycles. The number of anilines is 1. The number of hydrogen-bond donors (Lipinski definition) is 2. The zero-order valence-electron chi connectivity index (χ0n) is 17.5. The topological polar surface area (TPSA) is 58.1 Å². The number of halogens is 2. The van der Waals surface area contributed by atoms with E-state index in [-0.39, 0.29) is 30.1 Å². The fourth-order valence-electron chi connectivity index (χ4n) is 3.78. The lowest BCUT2D eigenvalue weighted by Gasteiger charge is -2.21. The Labute approximate surface area is 196 Å². The molecule has 8 heteroatoms. The number of aryl methyl sites for hydroxylation is 1. The van der Waals surface area contributed by atoms with Crippen LogP contribution in [0.15, 0.2) is 23.2 Å². The highest BCUT2D eigenvalue weighted by Crippen LogP contribution is 2.29. The lowest BCUT2D eigenvalue weighted by atomic mass is 10.1. The standard InChI is InChI=1S/C21H33ClN4O2.HI/c1-16-4-5-18(22)12-20(16)26-9-6-17(14-26)13-25-21(23-2)24-8-3-10-28-19-7-11-27-15-19;/h4-5,12,17,19H,3,6-11,13-15H2,1-2H3,(H2,23,24,25);1H. The summed E-state index contributed by atoms with van der Waals surface area (Å²) in [6.07, 6.45) is 3.44. The molecule has 2 N–H and O–H groups in total. The van der Waals surface area contributed by atoms with E-state index >= 15 is 0 Å². The first-order chi connectivity index (χ1) is 13.7. The zero-order chi connectivity index (χ0) is 19.8. The van der Waals surface area contributed by atoms with Gasteiger partial charge in [-0.2, -0.15) is 0 Å². The van der Waals surface area contributed by atoms with E-state index in [4.69, 9.17) is 21.1 Å². The minimum absolute atomic E-state index is 0. The number of ether oxygens (including phenoxy) is 2. The molecule has 0 bridgehead atoms. The SMILES string of the molecule is CN=C(NCCCOC1CCOC1)NCC1CCN(c2cc(Cl)ccc2C)C1.I. The summed E-state index contributed by atoms with van der Waals surface area (Å²) in [6, 6.07) is 6.13. The van der Waals surface area contributed by atoms with Gasteiger partial charge in [0.25, 0.3) is 0 Å². The molecule has 0 aromatic heterocycles. The Morgan fingerprint density at radius 1 is 1.34 bits per heavy atom. The van der Waals surface area contributed by atoms with Gasteiger partial charge in [-0.25, -0.2) is 0 Å². The molecule has 2 saturated heterocycles. The lowest BCUT2D eigenvalue weighted by molar-refractivity contribution is 0.0420. The maximum Gasteiger partial charge on any atom is 0.190 e. The summed E-state index contributed by atoms with van der Waals surface area (Å²) >= 11 is 6.18. The molecule has 3 rings (SSSR count). The predicted molar refractivity (Wildman–Crippen MR) is 131 cm³/mol. The third-order valence-electron chi connectivity index (χ3n) is 5.43. The number of nitrogens with one attached hydrogen (secondary N) is 2. The minimum Gasteiger partial charge on any atom is -0.379 e. The van der Waals surface area contributed by atoms with Crippen molar-refractivity contribution in [2.24, 2.45) is 10.9 Å². The molecule has 0 amide bonds. The van der Waals surface area contributed by atoms with Gasteiger partial charge in [-0.05, 0) is 49.8 Å². The zero-order valence-corrected chi connectivity index (χ0v) is 20.5. The average molecular weight is 537 g/mol. The van der Waals surface area contributed by atoms with Crippen LogP contribution < -0.4 is 15.5 Å². The lowest BCUT2D eigenvalue weighted by Crippen LogP contribution is -2.41. The molecule has 2 unspecified atom stereocenters. The Morgan fingerprint density at radius 3 is 2.97 bits per heavy atom. The fraction of sp³-hybridized carbons (Fsp3) is 0.667. The molecular weight excluding hydrogens is 503 g/mol. The fourth-order valence-corrected chi connectivity index (χ4v) is 3.94. The predicted octanol–water partition coefficient (Wildman–Crippen LogP) is 3.45. The summed E-state index contributed by atoms with van der Waals surface area (Å²) in [7, 11) is 1.82. The molecule has 2 fully saturated rings. The van der Waals surface area contributed by atoms with Gasteiger partial charge < -0.3 is 25.0 Å². The van der Waals surface area contributed by atoms with Gasteiger partial charge in [-0.15, -0.1) is 24.0 Å². The van der Waals surface area contributed by atoms with Crippen LogP contribution in [0.4, 0.5) is 5.69 Å². The van der Waals surface area contributed by atoms with E-state index in [2.05, 4.69) is 39.6 Å². The summed E-state index contributed by atoms with van der Waals surface area (Å²) in [5.74, 6) is 1.46. The molecule has 0 spiro atoms. The second-order valence-corrected chi connectivity index (χ2v) is 8.06. The first-order valence-electron chi connectivity index (χ1n) is 10.3. The van der Waals surface area contributed by atoms with Crippen LogP contribution in [0.2, 0.25) is 5.02 Å². The Bertz CT molecular complexity index is 656. The molecular formula is C21H34ClIN4O2. The van der Waals surface area contributed by atoms with Crippen molar-refractivity contribution in [1.82, 2.24) is 10.6 Å². The van der Waals surface area contributed by atoms with Crippen molar-refractivity contribution in [3.8, 4) is 0 Å². The molecule has 1 aromatic carbocycles. The van der Waals surface area contributed by atoms with Crippen LogP contribution >= 0.6 is 35.6 Å². The Balaban J connectivity index is 0.00000300. The summed E-state index contributed by atoms with van der Waals surface area (Å²) in [5.41, 5.74) is 2.53. The second-order valence-electron chi connectivity index (χ2n) is 7.62. The molecule has 2 heterocycles. The van der Waals surface area contributed by atoms with E-state index in [0.717, 1.165) is 69.8 Å². The summed E-state index contributed by atoms with van der Waals surface area (Å²) < 4.78 is 11.1. The maximum atomic E-state index is 6.18. The van der Waals surface area contributed by atoms with Gasteiger partial charge in [-0.3, -0.25) is 4.99 Å². The summed E-state index contributed by atoms with van der Waals surface area (Å²) in [5, 5.41) is 7.64. The normalized spacial score (nSPS) is 21.9. The van der Waals surface area contributed by atoms with E-state index in [1.165, 1.54) is 17.7 Å². The van der Waals surface area contributed by atoms with Crippen LogP contribution in [0.3, 0.4) is 0 Å². The van der Waals surface area contributed by atoms with Crippen LogP contribution in [0.1, 0.15) is 24.8 Å². The third kappa shape index (κ3) is 7.77. The Morgan fingerprint density at radius 2 is 2.21 bits per heavy atom. The van der Waals surface area contributed by atoms with E-state index in [1.807, 2.05) is 13.1 Å². The van der Waals surface area contributed by atoms with Gasteiger partial charge in [0.05, 0.1) is 12.7 Å². The molecule has 2 atom stereocenters. The quantitative estimate of drug-likeness (QED) is 0.231. The van der Waals surface area contributed by atoms with Crippen molar-refractivity contribution in [2.75, 3.05) is 57.9 Å². The number of nitrogens with zero attached hydrogens (tertiary/aromatic N) is 2. The smallest absolute Gasteiger partial charge is 0.190 e. The van der Waals surface area contributed by atoms with E-state index in [0.29, 0.717) is 5.92 Å². The Hall–Kier alpha value is -0.770.